The lowest BCUT2D eigenvalue weighted by Crippen LogP contribution is -2.19. The first-order valence-electron chi connectivity index (χ1n) is 5.03. The topological polar surface area (TPSA) is 112 Å². The van der Waals surface area contributed by atoms with Crippen molar-refractivity contribution in [3.63, 3.8) is 0 Å². The second-order valence-corrected chi connectivity index (χ2v) is 3.92. The molecular weight excluding hydrogens is 240 g/mol. The van der Waals surface area contributed by atoms with Gasteiger partial charge in [-0.05, 0) is 37.5 Å². The number of aromatic carboxylic acids is 3. The number of benzene rings is 1. The van der Waals surface area contributed by atoms with E-state index in [9.17, 15) is 14.4 Å². The van der Waals surface area contributed by atoms with Crippen LogP contribution in [0.3, 0.4) is 0 Å². The molecule has 1 aromatic carbocycles. The highest BCUT2D eigenvalue weighted by molar-refractivity contribution is 6.10. The Morgan fingerprint density at radius 2 is 0.889 bits per heavy atom. The maximum Gasteiger partial charge on any atom is 0.337 e. The Labute approximate surface area is 102 Å². The summed E-state index contributed by atoms with van der Waals surface area (Å²) in [7, 11) is 0. The summed E-state index contributed by atoms with van der Waals surface area (Å²) in [6, 6.07) is 0. The third-order valence-electron chi connectivity index (χ3n) is 3.02. The first-order chi connectivity index (χ1) is 8.20. The standard InChI is InChI=1S/C12H12O6/c1-4-5(2)7(10(13)14)9(12(17)18)8(6(4)3)11(15)16/h1-3H3,(H,13,14)(H,15,16)(H,17,18). The van der Waals surface area contributed by atoms with E-state index >= 15 is 0 Å². The van der Waals surface area contributed by atoms with E-state index in [-0.39, 0.29) is 11.1 Å². The van der Waals surface area contributed by atoms with Crippen LogP contribution in [0.25, 0.3) is 0 Å². The van der Waals surface area contributed by atoms with Crippen molar-refractivity contribution in [1.29, 1.82) is 0 Å². The van der Waals surface area contributed by atoms with E-state index in [0.29, 0.717) is 5.56 Å². The Bertz CT molecular complexity index is 529. The van der Waals surface area contributed by atoms with Gasteiger partial charge in [-0.25, -0.2) is 14.4 Å². The average Bonchev–Trinajstić information content (AvgIpc) is 2.23. The van der Waals surface area contributed by atoms with Crippen molar-refractivity contribution in [3.8, 4) is 0 Å². The smallest absolute Gasteiger partial charge is 0.337 e. The van der Waals surface area contributed by atoms with Crippen LogP contribution in [0.5, 0.6) is 0 Å². The summed E-state index contributed by atoms with van der Waals surface area (Å²) in [5.74, 6) is -4.46. The maximum absolute atomic E-state index is 11.1. The normalized spacial score (nSPS) is 10.2. The van der Waals surface area contributed by atoms with Gasteiger partial charge in [0, 0.05) is 0 Å². The molecule has 0 radical (unpaired) electrons. The Hall–Kier alpha value is -2.37. The molecule has 1 rings (SSSR count). The monoisotopic (exact) mass is 252 g/mol. The molecule has 96 valence electrons. The summed E-state index contributed by atoms with van der Waals surface area (Å²) >= 11 is 0. The molecule has 18 heavy (non-hydrogen) atoms. The van der Waals surface area contributed by atoms with Crippen molar-refractivity contribution < 1.29 is 29.7 Å². The Kier molecular flexibility index (Phi) is 3.41. The number of rotatable bonds is 3. The predicted molar refractivity (Wildman–Crippen MR) is 61.5 cm³/mol. The lowest BCUT2D eigenvalue weighted by Gasteiger charge is -2.15. The van der Waals surface area contributed by atoms with E-state index in [4.69, 9.17) is 15.3 Å². The van der Waals surface area contributed by atoms with Crippen LogP contribution < -0.4 is 0 Å². The van der Waals surface area contributed by atoms with E-state index < -0.39 is 34.6 Å². The summed E-state index contributed by atoms with van der Waals surface area (Å²) < 4.78 is 0. The van der Waals surface area contributed by atoms with Crippen LogP contribution in [-0.4, -0.2) is 33.2 Å². The fraction of sp³-hybridized carbons (Fsp3) is 0.250. The Morgan fingerprint density at radius 1 is 0.611 bits per heavy atom. The third-order valence-corrected chi connectivity index (χ3v) is 3.02. The molecule has 0 saturated heterocycles. The highest BCUT2D eigenvalue weighted by Crippen LogP contribution is 2.27. The van der Waals surface area contributed by atoms with E-state index in [0.717, 1.165) is 0 Å². The number of carbonyl (C=O) groups is 3. The van der Waals surface area contributed by atoms with Gasteiger partial charge < -0.3 is 15.3 Å². The zero-order chi connectivity index (χ0) is 14.2. The summed E-state index contributed by atoms with van der Waals surface area (Å²) in [6.45, 7) is 4.49. The average molecular weight is 252 g/mol. The maximum atomic E-state index is 11.1. The third kappa shape index (κ3) is 1.92. The molecule has 6 nitrogen and oxygen atoms in total. The van der Waals surface area contributed by atoms with Gasteiger partial charge in [0.15, 0.2) is 0 Å². The molecule has 1 aromatic rings. The van der Waals surface area contributed by atoms with Crippen LogP contribution in [0.15, 0.2) is 0 Å². The SMILES string of the molecule is Cc1c(C)c(C(=O)O)c(C(=O)O)c(C(=O)O)c1C. The highest BCUT2D eigenvalue weighted by Gasteiger charge is 2.29. The number of hydrogen-bond acceptors (Lipinski definition) is 3. The largest absolute Gasteiger partial charge is 0.478 e. The second-order valence-electron chi connectivity index (χ2n) is 3.92. The molecule has 0 unspecified atom stereocenters. The molecule has 0 atom stereocenters. The van der Waals surface area contributed by atoms with Gasteiger partial charge in [-0.3, -0.25) is 0 Å². The van der Waals surface area contributed by atoms with Gasteiger partial charge in [0.05, 0.1) is 16.7 Å². The lowest BCUT2D eigenvalue weighted by atomic mass is 9.88. The van der Waals surface area contributed by atoms with Crippen LogP contribution in [0.4, 0.5) is 0 Å². The zero-order valence-electron chi connectivity index (χ0n) is 10.1. The summed E-state index contributed by atoms with van der Waals surface area (Å²) in [5.41, 5.74) is -0.610. The molecule has 0 amide bonds. The summed E-state index contributed by atoms with van der Waals surface area (Å²) in [6.07, 6.45) is 0. The van der Waals surface area contributed by atoms with Gasteiger partial charge in [-0.15, -0.1) is 0 Å². The van der Waals surface area contributed by atoms with E-state index in [2.05, 4.69) is 0 Å². The summed E-state index contributed by atoms with van der Waals surface area (Å²) in [5, 5.41) is 27.2. The molecule has 0 aromatic heterocycles. The molecule has 0 aliphatic carbocycles. The van der Waals surface area contributed by atoms with Crippen molar-refractivity contribution in [2.45, 2.75) is 20.8 Å². The first kappa shape index (κ1) is 13.7. The molecule has 3 N–H and O–H groups in total. The molecule has 0 aliphatic heterocycles. The minimum Gasteiger partial charge on any atom is -0.478 e. The highest BCUT2D eigenvalue weighted by atomic mass is 16.4. The van der Waals surface area contributed by atoms with E-state index in [1.807, 2.05) is 0 Å². The zero-order valence-corrected chi connectivity index (χ0v) is 10.1. The Balaban J connectivity index is 3.99. The molecule has 0 fully saturated rings. The minimum atomic E-state index is -1.56. The van der Waals surface area contributed by atoms with Crippen LogP contribution >= 0.6 is 0 Å². The quantitative estimate of drug-likeness (QED) is 0.754. The van der Waals surface area contributed by atoms with Crippen LogP contribution in [0, 0.1) is 20.8 Å². The Morgan fingerprint density at radius 3 is 1.11 bits per heavy atom. The van der Waals surface area contributed by atoms with Crippen molar-refractivity contribution >= 4 is 17.9 Å². The lowest BCUT2D eigenvalue weighted by molar-refractivity contribution is 0.0632. The van der Waals surface area contributed by atoms with Gasteiger partial charge in [0.2, 0.25) is 0 Å². The van der Waals surface area contributed by atoms with Crippen molar-refractivity contribution in [2.24, 2.45) is 0 Å². The van der Waals surface area contributed by atoms with Gasteiger partial charge in [-0.1, -0.05) is 0 Å². The minimum absolute atomic E-state index is 0.266. The molecular formula is C12H12O6. The number of carboxylic acids is 3. The van der Waals surface area contributed by atoms with Gasteiger partial charge in [0.25, 0.3) is 0 Å². The van der Waals surface area contributed by atoms with E-state index in [1.165, 1.54) is 13.8 Å². The molecule has 0 saturated carbocycles. The number of carboxylic acid groups (broad SMARTS) is 3. The van der Waals surface area contributed by atoms with E-state index in [1.54, 1.807) is 6.92 Å². The fourth-order valence-electron chi connectivity index (χ4n) is 1.90. The summed E-state index contributed by atoms with van der Waals surface area (Å²) in [4.78, 5) is 33.4. The molecule has 0 aliphatic rings. The number of hydrogen-bond donors (Lipinski definition) is 3. The first-order valence-corrected chi connectivity index (χ1v) is 5.03. The second kappa shape index (κ2) is 4.48. The van der Waals surface area contributed by atoms with Crippen molar-refractivity contribution in [1.82, 2.24) is 0 Å². The van der Waals surface area contributed by atoms with Crippen molar-refractivity contribution in [3.05, 3.63) is 33.4 Å². The van der Waals surface area contributed by atoms with Crippen molar-refractivity contribution in [2.75, 3.05) is 0 Å². The molecule has 6 heteroatoms. The van der Waals surface area contributed by atoms with Crippen LogP contribution in [0.2, 0.25) is 0 Å². The molecule has 0 heterocycles. The van der Waals surface area contributed by atoms with Crippen LogP contribution in [-0.2, 0) is 0 Å². The van der Waals surface area contributed by atoms with Gasteiger partial charge >= 0.3 is 17.9 Å². The molecule has 0 bridgehead atoms. The predicted octanol–water partition coefficient (Wildman–Crippen LogP) is 1.71. The van der Waals surface area contributed by atoms with Gasteiger partial charge in [0.1, 0.15) is 0 Å². The van der Waals surface area contributed by atoms with Crippen LogP contribution in [0.1, 0.15) is 47.8 Å². The fourth-order valence-corrected chi connectivity index (χ4v) is 1.90. The molecule has 0 spiro atoms. The van der Waals surface area contributed by atoms with Gasteiger partial charge in [-0.2, -0.15) is 0 Å².